The zero-order chi connectivity index (χ0) is 19.2. The fourth-order valence-corrected chi connectivity index (χ4v) is 3.58. The van der Waals surface area contributed by atoms with Crippen molar-refractivity contribution in [2.75, 3.05) is 18.5 Å². The second kappa shape index (κ2) is 8.98. The second-order valence-electron chi connectivity index (χ2n) is 5.30. The average molecular weight is 422 g/mol. The Hall–Kier alpha value is -2.42. The number of para-hydroxylation sites is 1. The molecule has 9 heteroatoms. The van der Waals surface area contributed by atoms with Crippen LogP contribution in [-0.4, -0.2) is 29.2 Å². The molecule has 3 rings (SSSR count). The molecular formula is C18H16ClN3O3S2. The summed E-state index contributed by atoms with van der Waals surface area (Å²) in [5, 5.41) is 6.62. The van der Waals surface area contributed by atoms with Crippen LogP contribution in [0.1, 0.15) is 6.92 Å². The SMILES string of the molecule is CCOc1ccc2nc(NC(=S)NC(=O)COc3ccccc3Cl)sc2c1. The maximum absolute atomic E-state index is 12.0. The van der Waals surface area contributed by atoms with Gasteiger partial charge in [0.05, 0.1) is 21.8 Å². The van der Waals surface area contributed by atoms with Crippen LogP contribution in [0.5, 0.6) is 11.5 Å². The first-order chi connectivity index (χ1) is 13.0. The van der Waals surface area contributed by atoms with E-state index < -0.39 is 5.91 Å². The Morgan fingerprint density at radius 1 is 1.26 bits per heavy atom. The molecule has 0 aliphatic carbocycles. The van der Waals surface area contributed by atoms with Crippen LogP contribution in [0.25, 0.3) is 10.2 Å². The van der Waals surface area contributed by atoms with E-state index in [9.17, 15) is 4.79 Å². The minimum atomic E-state index is -0.396. The summed E-state index contributed by atoms with van der Waals surface area (Å²) in [4.78, 5) is 16.4. The summed E-state index contributed by atoms with van der Waals surface area (Å²) in [6.45, 7) is 2.32. The molecule has 0 saturated carbocycles. The number of carbonyl (C=O) groups excluding carboxylic acids is 1. The number of thiocarbonyl (C=S) groups is 1. The van der Waals surface area contributed by atoms with Gasteiger partial charge in [0.2, 0.25) is 0 Å². The number of nitrogens with one attached hydrogen (secondary N) is 2. The number of thiazole rings is 1. The number of carbonyl (C=O) groups is 1. The maximum Gasteiger partial charge on any atom is 0.264 e. The lowest BCUT2D eigenvalue weighted by atomic mass is 10.3. The van der Waals surface area contributed by atoms with Gasteiger partial charge in [-0.15, -0.1) is 0 Å². The van der Waals surface area contributed by atoms with Gasteiger partial charge in [0, 0.05) is 0 Å². The van der Waals surface area contributed by atoms with Gasteiger partial charge in [-0.25, -0.2) is 4.98 Å². The molecule has 27 heavy (non-hydrogen) atoms. The molecule has 0 aliphatic rings. The molecule has 0 aliphatic heterocycles. The highest BCUT2D eigenvalue weighted by molar-refractivity contribution is 7.80. The predicted molar refractivity (Wildman–Crippen MR) is 112 cm³/mol. The summed E-state index contributed by atoms with van der Waals surface area (Å²) in [6.07, 6.45) is 0. The summed E-state index contributed by atoms with van der Waals surface area (Å²) >= 11 is 12.6. The number of benzene rings is 2. The van der Waals surface area contributed by atoms with Gasteiger partial charge in [-0.1, -0.05) is 35.1 Å². The molecule has 0 spiro atoms. The highest BCUT2D eigenvalue weighted by Crippen LogP contribution is 2.29. The van der Waals surface area contributed by atoms with Crippen molar-refractivity contribution in [1.82, 2.24) is 10.3 Å². The van der Waals surface area contributed by atoms with Crippen LogP contribution in [0.3, 0.4) is 0 Å². The molecule has 6 nitrogen and oxygen atoms in total. The maximum atomic E-state index is 12.0. The molecule has 1 amide bonds. The van der Waals surface area contributed by atoms with Gasteiger partial charge in [0.1, 0.15) is 11.5 Å². The van der Waals surface area contributed by atoms with Crippen molar-refractivity contribution in [3.8, 4) is 11.5 Å². The van der Waals surface area contributed by atoms with Crippen molar-refractivity contribution in [1.29, 1.82) is 0 Å². The molecule has 3 aromatic rings. The van der Waals surface area contributed by atoms with E-state index >= 15 is 0 Å². The highest BCUT2D eigenvalue weighted by Gasteiger charge is 2.10. The molecule has 140 valence electrons. The lowest BCUT2D eigenvalue weighted by Crippen LogP contribution is -2.37. The quantitative estimate of drug-likeness (QED) is 0.580. The van der Waals surface area contributed by atoms with Crippen molar-refractivity contribution < 1.29 is 14.3 Å². The second-order valence-corrected chi connectivity index (χ2v) is 7.15. The van der Waals surface area contributed by atoms with Crippen LogP contribution in [0.15, 0.2) is 42.5 Å². The summed E-state index contributed by atoms with van der Waals surface area (Å²) in [5.74, 6) is 0.824. The van der Waals surface area contributed by atoms with E-state index in [1.807, 2.05) is 25.1 Å². The first-order valence-electron chi connectivity index (χ1n) is 8.06. The first kappa shape index (κ1) is 19.3. The molecule has 2 N–H and O–H groups in total. The van der Waals surface area contributed by atoms with E-state index in [0.29, 0.717) is 22.5 Å². The third-order valence-corrected chi connectivity index (χ3v) is 4.79. The number of aromatic nitrogens is 1. The third-order valence-electron chi connectivity index (χ3n) is 3.34. The van der Waals surface area contributed by atoms with E-state index in [1.165, 1.54) is 11.3 Å². The fraction of sp³-hybridized carbons (Fsp3) is 0.167. The normalized spacial score (nSPS) is 10.4. The summed E-state index contributed by atoms with van der Waals surface area (Å²) in [5.41, 5.74) is 0.821. The molecule has 0 saturated heterocycles. The number of anilines is 1. The predicted octanol–water partition coefficient (Wildman–Crippen LogP) is 4.24. The number of halogens is 1. The van der Waals surface area contributed by atoms with Crippen LogP contribution in [0, 0.1) is 0 Å². The van der Waals surface area contributed by atoms with Crippen molar-refractivity contribution in [2.24, 2.45) is 0 Å². The molecule has 0 fully saturated rings. The van der Waals surface area contributed by atoms with Gasteiger partial charge in [-0.3, -0.25) is 10.1 Å². The van der Waals surface area contributed by atoms with Crippen molar-refractivity contribution in [3.05, 3.63) is 47.5 Å². The number of ether oxygens (including phenoxy) is 2. The Morgan fingerprint density at radius 3 is 2.85 bits per heavy atom. The Kier molecular flexibility index (Phi) is 6.44. The summed E-state index contributed by atoms with van der Waals surface area (Å²) in [6, 6.07) is 12.6. The van der Waals surface area contributed by atoms with Gasteiger partial charge in [0.25, 0.3) is 5.91 Å². The largest absolute Gasteiger partial charge is 0.494 e. The molecule has 0 atom stereocenters. The molecular weight excluding hydrogens is 406 g/mol. The Morgan fingerprint density at radius 2 is 2.07 bits per heavy atom. The third kappa shape index (κ3) is 5.29. The number of nitrogens with zero attached hydrogens (tertiary/aromatic N) is 1. The summed E-state index contributed by atoms with van der Waals surface area (Å²) < 4.78 is 11.8. The molecule has 1 heterocycles. The van der Waals surface area contributed by atoms with E-state index in [1.54, 1.807) is 24.3 Å². The van der Waals surface area contributed by atoms with E-state index in [4.69, 9.17) is 33.3 Å². The van der Waals surface area contributed by atoms with E-state index in [0.717, 1.165) is 16.0 Å². The Labute approximate surface area is 170 Å². The lowest BCUT2D eigenvalue weighted by Gasteiger charge is -2.09. The minimum Gasteiger partial charge on any atom is -0.494 e. The number of hydrogen-bond donors (Lipinski definition) is 2. The first-order valence-corrected chi connectivity index (χ1v) is 9.67. The molecule has 0 bridgehead atoms. The number of amides is 1. The fourth-order valence-electron chi connectivity index (χ4n) is 2.21. The number of rotatable bonds is 6. The van der Waals surface area contributed by atoms with E-state index in [-0.39, 0.29) is 11.7 Å². The van der Waals surface area contributed by atoms with Gasteiger partial charge >= 0.3 is 0 Å². The van der Waals surface area contributed by atoms with Crippen LogP contribution < -0.4 is 20.1 Å². The highest BCUT2D eigenvalue weighted by atomic mass is 35.5. The standard InChI is InChI=1S/C18H16ClN3O3S2/c1-2-24-11-7-8-13-15(9-11)27-18(20-13)22-17(26)21-16(23)10-25-14-6-4-3-5-12(14)19/h3-9H,2,10H2,1H3,(H2,20,21,22,23,26). The van der Waals surface area contributed by atoms with Crippen molar-refractivity contribution in [2.45, 2.75) is 6.92 Å². The van der Waals surface area contributed by atoms with Crippen LogP contribution in [0.2, 0.25) is 5.02 Å². The Bertz CT molecular complexity index is 977. The van der Waals surface area contributed by atoms with Crippen molar-refractivity contribution >= 4 is 61.5 Å². The number of hydrogen-bond acceptors (Lipinski definition) is 6. The molecule has 2 aromatic carbocycles. The zero-order valence-electron chi connectivity index (χ0n) is 14.3. The average Bonchev–Trinajstić information content (AvgIpc) is 3.02. The lowest BCUT2D eigenvalue weighted by molar-refractivity contribution is -0.121. The van der Waals surface area contributed by atoms with Crippen LogP contribution in [0.4, 0.5) is 5.13 Å². The summed E-state index contributed by atoms with van der Waals surface area (Å²) in [7, 11) is 0. The van der Waals surface area contributed by atoms with Gasteiger partial charge < -0.3 is 14.8 Å². The van der Waals surface area contributed by atoms with Crippen LogP contribution >= 0.6 is 35.2 Å². The molecule has 1 aromatic heterocycles. The van der Waals surface area contributed by atoms with Gasteiger partial charge in [-0.2, -0.15) is 0 Å². The molecule has 0 radical (unpaired) electrons. The van der Waals surface area contributed by atoms with Crippen LogP contribution in [-0.2, 0) is 4.79 Å². The molecule has 0 unspecified atom stereocenters. The van der Waals surface area contributed by atoms with Crippen molar-refractivity contribution in [3.63, 3.8) is 0 Å². The topological polar surface area (TPSA) is 72.5 Å². The zero-order valence-corrected chi connectivity index (χ0v) is 16.7. The monoisotopic (exact) mass is 421 g/mol. The minimum absolute atomic E-state index is 0.145. The number of fused-ring (bicyclic) bond motifs is 1. The Balaban J connectivity index is 1.54. The van der Waals surface area contributed by atoms with Gasteiger partial charge in [0.15, 0.2) is 16.9 Å². The van der Waals surface area contributed by atoms with Gasteiger partial charge in [-0.05, 0) is 49.5 Å². The smallest absolute Gasteiger partial charge is 0.264 e. The van der Waals surface area contributed by atoms with E-state index in [2.05, 4.69) is 15.6 Å².